The number of carbonyl (C=O) groups is 1. The maximum absolute atomic E-state index is 12.3. The summed E-state index contributed by atoms with van der Waals surface area (Å²) in [6.45, 7) is 0.244. The van der Waals surface area contributed by atoms with E-state index in [1.165, 1.54) is 24.5 Å². The number of carboxylic acid groups (broad SMARTS) is 1. The number of piperidine rings is 1. The van der Waals surface area contributed by atoms with Gasteiger partial charge in [-0.05, 0) is 31.4 Å². The molecular formula is C11H14N2O4S. The SMILES string of the molecule is O=C(O)[C@@H]1CCCCN1S(=O)(=O)c1cccnc1. The molecule has 2 heterocycles. The summed E-state index contributed by atoms with van der Waals surface area (Å²) in [4.78, 5) is 14.9. The molecule has 1 aliphatic rings. The van der Waals surface area contributed by atoms with E-state index in [1.807, 2.05) is 0 Å². The van der Waals surface area contributed by atoms with Crippen molar-refractivity contribution in [1.29, 1.82) is 0 Å². The highest BCUT2D eigenvalue weighted by Crippen LogP contribution is 2.24. The Kier molecular flexibility index (Phi) is 3.63. The number of hydrogen-bond donors (Lipinski definition) is 1. The Labute approximate surface area is 105 Å². The Morgan fingerprint density at radius 1 is 1.44 bits per heavy atom. The number of aliphatic carboxylic acids is 1. The molecule has 0 aromatic carbocycles. The number of rotatable bonds is 3. The molecule has 0 saturated carbocycles. The molecule has 1 N–H and O–H groups in total. The van der Waals surface area contributed by atoms with Crippen LogP contribution >= 0.6 is 0 Å². The number of sulfonamides is 1. The van der Waals surface area contributed by atoms with E-state index in [2.05, 4.69) is 4.98 Å². The third-order valence-corrected chi connectivity index (χ3v) is 4.87. The van der Waals surface area contributed by atoms with E-state index in [4.69, 9.17) is 5.11 Å². The van der Waals surface area contributed by atoms with Gasteiger partial charge in [0.25, 0.3) is 0 Å². The summed E-state index contributed by atoms with van der Waals surface area (Å²) >= 11 is 0. The molecule has 1 saturated heterocycles. The molecule has 6 nitrogen and oxygen atoms in total. The minimum absolute atomic E-state index is 0.0400. The predicted octanol–water partition coefficient (Wildman–Crippen LogP) is 0.709. The molecule has 1 aromatic heterocycles. The van der Waals surface area contributed by atoms with E-state index >= 15 is 0 Å². The Hall–Kier alpha value is -1.47. The van der Waals surface area contributed by atoms with Gasteiger partial charge in [-0.2, -0.15) is 4.31 Å². The Balaban J connectivity index is 2.36. The molecule has 0 spiro atoms. The smallest absolute Gasteiger partial charge is 0.322 e. The average Bonchev–Trinajstić information content (AvgIpc) is 2.39. The molecule has 0 unspecified atom stereocenters. The van der Waals surface area contributed by atoms with Gasteiger partial charge in [0.1, 0.15) is 10.9 Å². The van der Waals surface area contributed by atoms with Crippen molar-refractivity contribution < 1.29 is 18.3 Å². The molecule has 0 radical (unpaired) electrons. The van der Waals surface area contributed by atoms with Crippen molar-refractivity contribution in [3.8, 4) is 0 Å². The van der Waals surface area contributed by atoms with Crippen molar-refractivity contribution >= 4 is 16.0 Å². The third kappa shape index (κ3) is 2.37. The van der Waals surface area contributed by atoms with Crippen molar-refractivity contribution in [3.63, 3.8) is 0 Å². The van der Waals surface area contributed by atoms with Gasteiger partial charge >= 0.3 is 5.97 Å². The molecule has 1 atom stereocenters. The molecule has 98 valence electrons. The summed E-state index contributed by atoms with van der Waals surface area (Å²) in [7, 11) is -3.77. The average molecular weight is 270 g/mol. The van der Waals surface area contributed by atoms with Crippen LogP contribution in [-0.2, 0) is 14.8 Å². The minimum Gasteiger partial charge on any atom is -0.480 e. The first kappa shape index (κ1) is 13.0. The van der Waals surface area contributed by atoms with Gasteiger partial charge in [0.05, 0.1) is 0 Å². The summed E-state index contributed by atoms with van der Waals surface area (Å²) in [5.41, 5.74) is 0. The number of nitrogens with zero attached hydrogens (tertiary/aromatic N) is 2. The summed E-state index contributed by atoms with van der Waals surface area (Å²) in [5, 5.41) is 9.10. The Bertz CT molecular complexity index is 529. The fourth-order valence-corrected chi connectivity index (χ4v) is 3.69. The molecule has 7 heteroatoms. The van der Waals surface area contributed by atoms with Crippen LogP contribution in [0.4, 0.5) is 0 Å². The first-order valence-electron chi connectivity index (χ1n) is 5.68. The van der Waals surface area contributed by atoms with E-state index in [9.17, 15) is 13.2 Å². The van der Waals surface area contributed by atoms with Crippen LogP contribution in [0.2, 0.25) is 0 Å². The molecule has 1 aromatic rings. The van der Waals surface area contributed by atoms with Gasteiger partial charge in [-0.3, -0.25) is 9.78 Å². The van der Waals surface area contributed by atoms with Gasteiger partial charge in [-0.25, -0.2) is 8.42 Å². The lowest BCUT2D eigenvalue weighted by Gasteiger charge is -2.31. The standard InChI is InChI=1S/C11H14N2O4S/c14-11(15)10-5-1-2-7-13(10)18(16,17)9-4-3-6-12-8-9/h3-4,6,8,10H,1-2,5,7H2,(H,14,15)/t10-/m0/s1. The molecule has 0 aliphatic carbocycles. The second-order valence-corrected chi connectivity index (χ2v) is 6.04. The Morgan fingerprint density at radius 2 is 2.22 bits per heavy atom. The molecule has 1 fully saturated rings. The lowest BCUT2D eigenvalue weighted by molar-refractivity contribution is -0.142. The van der Waals surface area contributed by atoms with Crippen LogP contribution in [0.5, 0.6) is 0 Å². The molecule has 0 bridgehead atoms. The summed E-state index contributed by atoms with van der Waals surface area (Å²) in [5.74, 6) is -1.10. The molecule has 18 heavy (non-hydrogen) atoms. The summed E-state index contributed by atoms with van der Waals surface area (Å²) in [6.07, 6.45) is 4.49. The van der Waals surface area contributed by atoms with Crippen molar-refractivity contribution in [2.45, 2.75) is 30.2 Å². The maximum Gasteiger partial charge on any atom is 0.322 e. The molecule has 2 rings (SSSR count). The van der Waals surface area contributed by atoms with Crippen LogP contribution in [0, 0.1) is 0 Å². The zero-order valence-corrected chi connectivity index (χ0v) is 10.5. The topological polar surface area (TPSA) is 87.6 Å². The summed E-state index contributed by atoms with van der Waals surface area (Å²) in [6, 6.07) is 1.98. The predicted molar refractivity (Wildman–Crippen MR) is 63.4 cm³/mol. The van der Waals surface area contributed by atoms with E-state index in [1.54, 1.807) is 0 Å². The van der Waals surface area contributed by atoms with E-state index in [0.717, 1.165) is 10.7 Å². The van der Waals surface area contributed by atoms with E-state index < -0.39 is 22.0 Å². The number of aromatic nitrogens is 1. The normalized spacial score (nSPS) is 21.7. The maximum atomic E-state index is 12.3. The molecule has 1 aliphatic heterocycles. The van der Waals surface area contributed by atoms with Crippen molar-refractivity contribution in [2.75, 3.05) is 6.54 Å². The largest absolute Gasteiger partial charge is 0.480 e. The van der Waals surface area contributed by atoms with Gasteiger partial charge in [0.15, 0.2) is 0 Å². The van der Waals surface area contributed by atoms with Crippen molar-refractivity contribution in [1.82, 2.24) is 9.29 Å². The fourth-order valence-electron chi connectivity index (χ4n) is 2.07. The van der Waals surface area contributed by atoms with E-state index in [0.29, 0.717) is 12.8 Å². The highest BCUT2D eigenvalue weighted by atomic mass is 32.2. The highest BCUT2D eigenvalue weighted by Gasteiger charge is 2.37. The lowest BCUT2D eigenvalue weighted by atomic mass is 10.1. The van der Waals surface area contributed by atoms with Crippen LogP contribution in [0.25, 0.3) is 0 Å². The number of hydrogen-bond acceptors (Lipinski definition) is 4. The van der Waals surface area contributed by atoms with Crippen molar-refractivity contribution in [3.05, 3.63) is 24.5 Å². The third-order valence-electron chi connectivity index (χ3n) is 2.98. The van der Waals surface area contributed by atoms with Crippen molar-refractivity contribution in [2.24, 2.45) is 0 Å². The summed E-state index contributed by atoms with van der Waals surface area (Å²) < 4.78 is 25.7. The highest BCUT2D eigenvalue weighted by molar-refractivity contribution is 7.89. The quantitative estimate of drug-likeness (QED) is 0.874. The molecule has 0 amide bonds. The fraction of sp³-hybridized carbons (Fsp3) is 0.455. The van der Waals surface area contributed by atoms with Crippen LogP contribution in [0.3, 0.4) is 0 Å². The first-order valence-corrected chi connectivity index (χ1v) is 7.12. The van der Waals surface area contributed by atoms with Gasteiger partial charge in [0, 0.05) is 18.9 Å². The Morgan fingerprint density at radius 3 is 2.83 bits per heavy atom. The lowest BCUT2D eigenvalue weighted by Crippen LogP contribution is -2.47. The van der Waals surface area contributed by atoms with Gasteiger partial charge in [-0.1, -0.05) is 0 Å². The van der Waals surface area contributed by atoms with Crippen LogP contribution in [0.1, 0.15) is 19.3 Å². The first-order chi connectivity index (χ1) is 8.53. The van der Waals surface area contributed by atoms with Crippen LogP contribution < -0.4 is 0 Å². The van der Waals surface area contributed by atoms with E-state index in [-0.39, 0.29) is 11.4 Å². The minimum atomic E-state index is -3.77. The van der Waals surface area contributed by atoms with Gasteiger partial charge < -0.3 is 5.11 Å². The number of carboxylic acids is 1. The van der Waals surface area contributed by atoms with Gasteiger partial charge in [0.2, 0.25) is 10.0 Å². The molecular weight excluding hydrogens is 256 g/mol. The van der Waals surface area contributed by atoms with Crippen LogP contribution in [-0.4, -0.2) is 41.4 Å². The van der Waals surface area contributed by atoms with Gasteiger partial charge in [-0.15, -0.1) is 0 Å². The second-order valence-electron chi connectivity index (χ2n) is 4.15. The van der Waals surface area contributed by atoms with Crippen LogP contribution in [0.15, 0.2) is 29.4 Å². The zero-order chi connectivity index (χ0) is 13.2. The second kappa shape index (κ2) is 5.03. The number of pyridine rings is 1. The monoisotopic (exact) mass is 270 g/mol. The zero-order valence-electron chi connectivity index (χ0n) is 9.69.